The number of amides is 1. The summed E-state index contributed by atoms with van der Waals surface area (Å²) in [6.07, 6.45) is 2.12. The molecule has 1 amide bonds. The quantitative estimate of drug-likeness (QED) is 0.734. The van der Waals surface area contributed by atoms with Gasteiger partial charge >= 0.3 is 5.97 Å². The van der Waals surface area contributed by atoms with Gasteiger partial charge in [0.25, 0.3) is 5.91 Å². The smallest absolute Gasteiger partial charge is 0.311 e. The Labute approximate surface area is 102 Å². The van der Waals surface area contributed by atoms with Crippen LogP contribution in [-0.4, -0.2) is 28.5 Å². The molecule has 0 saturated heterocycles. The molecule has 4 N–H and O–H groups in total. The molecule has 0 atom stereocenters. The molecule has 0 unspecified atom stereocenters. The summed E-state index contributed by atoms with van der Waals surface area (Å²) in [5, 5.41) is 13.6. The molecule has 92 valence electrons. The minimum absolute atomic E-state index is 0.151. The van der Waals surface area contributed by atoms with Gasteiger partial charge in [0.05, 0.1) is 5.41 Å². The number of rotatable bonds is 4. The number of nitrogens with two attached hydrogens (primary N) is 1. The predicted octanol–water partition coefficient (Wildman–Crippen LogP) is 0.710. The number of carbonyl (C=O) groups is 2. The number of hydrogen-bond donors (Lipinski definition) is 3. The number of carboxylic acids is 1. The number of anilines is 1. The van der Waals surface area contributed by atoms with Crippen molar-refractivity contribution >= 4 is 28.3 Å². The van der Waals surface area contributed by atoms with Crippen LogP contribution in [-0.2, 0) is 4.79 Å². The van der Waals surface area contributed by atoms with Gasteiger partial charge in [0.1, 0.15) is 5.69 Å². The summed E-state index contributed by atoms with van der Waals surface area (Å²) in [5.41, 5.74) is 4.88. The van der Waals surface area contributed by atoms with Crippen LogP contribution in [0.1, 0.15) is 29.8 Å². The zero-order chi connectivity index (χ0) is 12.5. The maximum atomic E-state index is 11.7. The summed E-state index contributed by atoms with van der Waals surface area (Å²) in [4.78, 5) is 26.6. The molecule has 17 heavy (non-hydrogen) atoms. The molecule has 7 heteroatoms. The number of thiazole rings is 1. The van der Waals surface area contributed by atoms with E-state index in [1.54, 1.807) is 5.38 Å². The summed E-state index contributed by atoms with van der Waals surface area (Å²) < 4.78 is 0. The van der Waals surface area contributed by atoms with Crippen LogP contribution in [0.15, 0.2) is 5.38 Å². The van der Waals surface area contributed by atoms with Crippen LogP contribution in [0.25, 0.3) is 0 Å². The molecule has 0 bridgehead atoms. The highest BCUT2D eigenvalue weighted by Gasteiger charge is 2.44. The van der Waals surface area contributed by atoms with E-state index in [1.165, 1.54) is 11.3 Å². The third kappa shape index (κ3) is 2.23. The number of nitrogen functional groups attached to an aromatic ring is 1. The van der Waals surface area contributed by atoms with Crippen LogP contribution in [0.2, 0.25) is 0 Å². The number of nitrogens with zero attached hydrogens (tertiary/aromatic N) is 1. The maximum Gasteiger partial charge on any atom is 0.311 e. The maximum absolute atomic E-state index is 11.7. The van der Waals surface area contributed by atoms with Gasteiger partial charge in [-0.1, -0.05) is 6.42 Å². The first-order chi connectivity index (χ1) is 8.03. The van der Waals surface area contributed by atoms with E-state index < -0.39 is 11.4 Å². The van der Waals surface area contributed by atoms with Crippen molar-refractivity contribution in [3.63, 3.8) is 0 Å². The molecule has 6 nitrogen and oxygen atoms in total. The number of hydrogen-bond acceptors (Lipinski definition) is 5. The summed E-state index contributed by atoms with van der Waals surface area (Å²) in [6.45, 7) is 0.151. The minimum Gasteiger partial charge on any atom is -0.481 e. The molecule has 1 heterocycles. The second-order valence-electron chi connectivity index (χ2n) is 4.19. The molecule has 1 fully saturated rings. The van der Waals surface area contributed by atoms with E-state index in [4.69, 9.17) is 10.8 Å². The van der Waals surface area contributed by atoms with Gasteiger partial charge in [0, 0.05) is 11.9 Å². The lowest BCUT2D eigenvalue weighted by Gasteiger charge is -2.37. The molecule has 0 aromatic carbocycles. The fourth-order valence-electron chi connectivity index (χ4n) is 1.80. The number of aromatic nitrogens is 1. The number of carboxylic acid groups (broad SMARTS) is 1. The van der Waals surface area contributed by atoms with Crippen LogP contribution in [0, 0.1) is 5.41 Å². The zero-order valence-corrected chi connectivity index (χ0v) is 9.92. The fourth-order valence-corrected chi connectivity index (χ4v) is 2.34. The zero-order valence-electron chi connectivity index (χ0n) is 9.10. The van der Waals surface area contributed by atoms with E-state index in [1.807, 2.05) is 0 Å². The average molecular weight is 255 g/mol. The van der Waals surface area contributed by atoms with Crippen molar-refractivity contribution < 1.29 is 14.7 Å². The Morgan fingerprint density at radius 1 is 1.59 bits per heavy atom. The van der Waals surface area contributed by atoms with Crippen LogP contribution < -0.4 is 11.1 Å². The molecule has 1 aromatic rings. The van der Waals surface area contributed by atoms with Gasteiger partial charge in [-0.2, -0.15) is 0 Å². The Balaban J connectivity index is 1.94. The van der Waals surface area contributed by atoms with Gasteiger partial charge in [0.2, 0.25) is 0 Å². The third-order valence-corrected chi connectivity index (χ3v) is 3.78. The van der Waals surface area contributed by atoms with Gasteiger partial charge in [-0.15, -0.1) is 11.3 Å². The standard InChI is InChI=1S/C10H13N3O3S/c11-9-13-6(4-17-9)7(14)12-5-10(8(15)16)2-1-3-10/h4H,1-3,5H2,(H2,11,13)(H,12,14)(H,15,16). The second-order valence-corrected chi connectivity index (χ2v) is 5.08. The Hall–Kier alpha value is -1.63. The summed E-state index contributed by atoms with van der Waals surface area (Å²) >= 11 is 1.18. The van der Waals surface area contributed by atoms with Crippen LogP contribution >= 0.6 is 11.3 Å². The highest BCUT2D eigenvalue weighted by atomic mass is 32.1. The van der Waals surface area contributed by atoms with Gasteiger partial charge in [-0.05, 0) is 12.8 Å². The van der Waals surface area contributed by atoms with E-state index in [0.717, 1.165) is 6.42 Å². The second kappa shape index (κ2) is 4.33. The van der Waals surface area contributed by atoms with E-state index in [-0.39, 0.29) is 18.1 Å². The van der Waals surface area contributed by atoms with Crippen LogP contribution in [0.5, 0.6) is 0 Å². The Morgan fingerprint density at radius 2 is 2.29 bits per heavy atom. The van der Waals surface area contributed by atoms with E-state index in [2.05, 4.69) is 10.3 Å². The van der Waals surface area contributed by atoms with Crippen molar-refractivity contribution in [3.05, 3.63) is 11.1 Å². The Morgan fingerprint density at radius 3 is 2.71 bits per heavy atom. The first kappa shape index (κ1) is 11.8. The van der Waals surface area contributed by atoms with Crippen molar-refractivity contribution in [3.8, 4) is 0 Å². The number of aliphatic carboxylic acids is 1. The van der Waals surface area contributed by atoms with Crippen molar-refractivity contribution in [2.75, 3.05) is 12.3 Å². The lowest BCUT2D eigenvalue weighted by atomic mass is 9.69. The summed E-state index contributed by atoms with van der Waals surface area (Å²) in [6, 6.07) is 0. The first-order valence-electron chi connectivity index (χ1n) is 5.26. The highest BCUT2D eigenvalue weighted by molar-refractivity contribution is 7.13. The lowest BCUT2D eigenvalue weighted by Crippen LogP contribution is -2.47. The monoisotopic (exact) mass is 255 g/mol. The molecule has 0 spiro atoms. The molecule has 1 aliphatic carbocycles. The van der Waals surface area contributed by atoms with Crippen LogP contribution in [0.4, 0.5) is 5.13 Å². The lowest BCUT2D eigenvalue weighted by molar-refractivity contribution is -0.153. The average Bonchev–Trinajstić information content (AvgIpc) is 2.62. The number of carbonyl (C=O) groups excluding carboxylic acids is 1. The Bertz CT molecular complexity index is 453. The van der Waals surface area contributed by atoms with Crippen LogP contribution in [0.3, 0.4) is 0 Å². The van der Waals surface area contributed by atoms with Gasteiger partial charge in [0.15, 0.2) is 5.13 Å². The predicted molar refractivity (Wildman–Crippen MR) is 62.8 cm³/mol. The SMILES string of the molecule is Nc1nc(C(=O)NCC2(C(=O)O)CCC2)cs1. The largest absolute Gasteiger partial charge is 0.481 e. The van der Waals surface area contributed by atoms with Crippen molar-refractivity contribution in [2.45, 2.75) is 19.3 Å². The van der Waals surface area contributed by atoms with Gasteiger partial charge < -0.3 is 16.2 Å². The fraction of sp³-hybridized carbons (Fsp3) is 0.500. The highest BCUT2D eigenvalue weighted by Crippen LogP contribution is 2.40. The van der Waals surface area contributed by atoms with Gasteiger partial charge in [-0.3, -0.25) is 9.59 Å². The van der Waals surface area contributed by atoms with E-state index in [9.17, 15) is 9.59 Å². The molecule has 2 rings (SSSR count). The Kier molecular flexibility index (Phi) is 3.01. The normalized spacial score (nSPS) is 17.2. The number of nitrogens with one attached hydrogen (secondary N) is 1. The summed E-state index contributed by atoms with van der Waals surface area (Å²) in [7, 11) is 0. The van der Waals surface area contributed by atoms with Gasteiger partial charge in [-0.25, -0.2) is 4.98 Å². The molecule has 0 aliphatic heterocycles. The molecular formula is C10H13N3O3S. The van der Waals surface area contributed by atoms with Crippen molar-refractivity contribution in [1.29, 1.82) is 0 Å². The molecule has 0 radical (unpaired) electrons. The van der Waals surface area contributed by atoms with Crippen molar-refractivity contribution in [2.24, 2.45) is 5.41 Å². The molecular weight excluding hydrogens is 242 g/mol. The third-order valence-electron chi connectivity index (χ3n) is 3.11. The summed E-state index contributed by atoms with van der Waals surface area (Å²) in [5.74, 6) is -1.22. The van der Waals surface area contributed by atoms with E-state index in [0.29, 0.717) is 18.0 Å². The molecule has 1 aliphatic rings. The van der Waals surface area contributed by atoms with E-state index >= 15 is 0 Å². The van der Waals surface area contributed by atoms with Crippen molar-refractivity contribution in [1.82, 2.24) is 10.3 Å². The first-order valence-corrected chi connectivity index (χ1v) is 6.14. The topological polar surface area (TPSA) is 105 Å². The minimum atomic E-state index is -0.846. The molecule has 1 aromatic heterocycles. The molecule has 1 saturated carbocycles.